The molecule has 0 bridgehead atoms. The second-order valence-electron chi connectivity index (χ2n) is 8.77. The first-order valence-corrected chi connectivity index (χ1v) is 11.0. The smallest absolute Gasteiger partial charge is 0.126 e. The molecule has 32 heavy (non-hydrogen) atoms. The first kappa shape index (κ1) is 22.1. The first-order valence-electron chi connectivity index (χ1n) is 11.0. The van der Waals surface area contributed by atoms with E-state index in [2.05, 4.69) is 62.5 Å². The molecule has 0 aliphatic carbocycles. The van der Waals surface area contributed by atoms with Crippen molar-refractivity contribution in [3.8, 4) is 16.9 Å². The van der Waals surface area contributed by atoms with Crippen molar-refractivity contribution in [1.82, 2.24) is 0 Å². The van der Waals surface area contributed by atoms with Crippen LogP contribution in [0.3, 0.4) is 0 Å². The van der Waals surface area contributed by atoms with Crippen molar-refractivity contribution in [2.45, 2.75) is 38.8 Å². The van der Waals surface area contributed by atoms with Gasteiger partial charge in [0.15, 0.2) is 0 Å². The third-order valence-electron chi connectivity index (χ3n) is 5.83. The van der Waals surface area contributed by atoms with Gasteiger partial charge in [-0.05, 0) is 56.5 Å². The molecule has 166 valence electrons. The summed E-state index contributed by atoms with van der Waals surface area (Å²) in [5.74, 6) is 0.351. The molecule has 0 aromatic heterocycles. The second kappa shape index (κ2) is 9.17. The lowest BCUT2D eigenvalue weighted by atomic mass is 9.85. The molecule has 0 saturated carbocycles. The fourth-order valence-electron chi connectivity index (χ4n) is 4.29. The van der Waals surface area contributed by atoms with Crippen molar-refractivity contribution in [3.63, 3.8) is 0 Å². The Morgan fingerprint density at radius 1 is 0.938 bits per heavy atom. The van der Waals surface area contributed by atoms with E-state index in [1.54, 1.807) is 13.2 Å². The molecule has 3 nitrogen and oxygen atoms in total. The normalized spacial score (nSPS) is 15.3. The van der Waals surface area contributed by atoms with Gasteiger partial charge in [0.25, 0.3) is 0 Å². The second-order valence-corrected chi connectivity index (χ2v) is 8.77. The maximum Gasteiger partial charge on any atom is 0.126 e. The van der Waals surface area contributed by atoms with Crippen LogP contribution in [0.15, 0.2) is 72.8 Å². The van der Waals surface area contributed by atoms with Crippen LogP contribution >= 0.6 is 0 Å². The minimum Gasteiger partial charge on any atom is -0.496 e. The van der Waals surface area contributed by atoms with Gasteiger partial charge in [-0.1, -0.05) is 54.6 Å². The maximum absolute atomic E-state index is 14.1. The minimum atomic E-state index is -0.290. The van der Waals surface area contributed by atoms with Crippen molar-refractivity contribution >= 4 is 11.3 Å². The Balaban J connectivity index is 1.66. The van der Waals surface area contributed by atoms with Gasteiger partial charge in [-0.3, -0.25) is 0 Å². The summed E-state index contributed by atoms with van der Waals surface area (Å²) in [5.41, 5.74) is 5.79. The summed E-state index contributed by atoms with van der Waals surface area (Å²) in [6.45, 7) is 7.00. The van der Waals surface area contributed by atoms with Crippen molar-refractivity contribution in [2.75, 3.05) is 19.0 Å². The van der Waals surface area contributed by atoms with Gasteiger partial charge in [-0.15, -0.1) is 0 Å². The van der Waals surface area contributed by atoms with E-state index < -0.39 is 0 Å². The molecule has 0 spiro atoms. The standard InChI is InChI=1S/C28H30FNO2/c1-19(32-16-15-20-9-6-5-7-10-20)25-18-28(2,3)30-27-22(11-8-12-23(25)27)24-17-21(29)13-14-26(24)31-4/h5-14,17-19,30H,15-16H2,1-4H3. The number of fused-ring (bicyclic) bond motifs is 1. The number of benzene rings is 3. The summed E-state index contributed by atoms with van der Waals surface area (Å²) in [4.78, 5) is 0. The zero-order valence-electron chi connectivity index (χ0n) is 19.1. The summed E-state index contributed by atoms with van der Waals surface area (Å²) in [5, 5.41) is 3.63. The monoisotopic (exact) mass is 431 g/mol. The summed E-state index contributed by atoms with van der Waals surface area (Å²) in [7, 11) is 1.61. The van der Waals surface area contributed by atoms with Crippen molar-refractivity contribution < 1.29 is 13.9 Å². The van der Waals surface area contributed by atoms with E-state index in [4.69, 9.17) is 9.47 Å². The fraction of sp³-hybridized carbons (Fsp3) is 0.286. The van der Waals surface area contributed by atoms with Crippen LogP contribution in [0.5, 0.6) is 5.75 Å². The van der Waals surface area contributed by atoms with Gasteiger partial charge in [-0.2, -0.15) is 0 Å². The van der Waals surface area contributed by atoms with Crippen molar-refractivity contribution in [1.29, 1.82) is 0 Å². The fourth-order valence-corrected chi connectivity index (χ4v) is 4.29. The molecule has 1 heterocycles. The van der Waals surface area contributed by atoms with Gasteiger partial charge < -0.3 is 14.8 Å². The van der Waals surface area contributed by atoms with Crippen LogP contribution in [-0.2, 0) is 11.2 Å². The molecule has 1 N–H and O–H groups in total. The molecule has 0 amide bonds. The lowest BCUT2D eigenvalue weighted by molar-refractivity contribution is 0.106. The largest absolute Gasteiger partial charge is 0.496 e. The number of nitrogens with one attached hydrogen (secondary N) is 1. The number of methoxy groups -OCH3 is 1. The molecular weight excluding hydrogens is 401 g/mol. The maximum atomic E-state index is 14.1. The van der Waals surface area contributed by atoms with Crippen LogP contribution in [-0.4, -0.2) is 25.4 Å². The number of hydrogen-bond donors (Lipinski definition) is 1. The van der Waals surface area contributed by atoms with E-state index in [0.717, 1.165) is 34.4 Å². The molecule has 0 radical (unpaired) electrons. The van der Waals surface area contributed by atoms with Crippen LogP contribution in [0, 0.1) is 5.82 Å². The van der Waals surface area contributed by atoms with E-state index in [-0.39, 0.29) is 17.5 Å². The molecule has 1 atom stereocenters. The van der Waals surface area contributed by atoms with Crippen LogP contribution < -0.4 is 10.1 Å². The van der Waals surface area contributed by atoms with E-state index in [9.17, 15) is 4.39 Å². The SMILES string of the molecule is COc1ccc(F)cc1-c1cccc2c1NC(C)(C)C=C2C(C)OCCc1ccccc1. The summed E-state index contributed by atoms with van der Waals surface area (Å²) >= 11 is 0. The third kappa shape index (κ3) is 4.71. The highest BCUT2D eigenvalue weighted by Gasteiger charge is 2.29. The van der Waals surface area contributed by atoms with Gasteiger partial charge >= 0.3 is 0 Å². The van der Waals surface area contributed by atoms with Crippen LogP contribution in [0.4, 0.5) is 10.1 Å². The van der Waals surface area contributed by atoms with Gasteiger partial charge in [0.1, 0.15) is 11.6 Å². The highest BCUT2D eigenvalue weighted by atomic mass is 19.1. The first-order chi connectivity index (χ1) is 15.4. The molecule has 1 aliphatic rings. The Bertz CT molecular complexity index is 1120. The third-order valence-corrected chi connectivity index (χ3v) is 5.83. The Hall–Kier alpha value is -3.11. The number of halogens is 1. The topological polar surface area (TPSA) is 30.5 Å². The number of para-hydroxylation sites is 1. The van der Waals surface area contributed by atoms with Gasteiger partial charge in [-0.25, -0.2) is 4.39 Å². The van der Waals surface area contributed by atoms with E-state index in [1.807, 2.05) is 18.2 Å². The lowest BCUT2D eigenvalue weighted by Gasteiger charge is -2.35. The molecule has 1 aliphatic heterocycles. The quantitative estimate of drug-likeness (QED) is 0.449. The Morgan fingerprint density at radius 2 is 1.69 bits per heavy atom. The van der Waals surface area contributed by atoms with E-state index >= 15 is 0 Å². The Kier molecular flexibility index (Phi) is 6.33. The molecule has 1 unspecified atom stereocenters. The molecule has 0 fully saturated rings. The molecule has 3 aromatic carbocycles. The highest BCUT2D eigenvalue weighted by molar-refractivity contribution is 5.93. The average Bonchev–Trinajstić information content (AvgIpc) is 2.78. The predicted octanol–water partition coefficient (Wildman–Crippen LogP) is 6.74. The Morgan fingerprint density at radius 3 is 2.44 bits per heavy atom. The summed E-state index contributed by atoms with van der Waals surface area (Å²) < 4.78 is 25.9. The zero-order chi connectivity index (χ0) is 22.7. The molecular formula is C28H30FNO2. The lowest BCUT2D eigenvalue weighted by Crippen LogP contribution is -2.34. The Labute approximate surface area is 189 Å². The number of hydrogen-bond acceptors (Lipinski definition) is 3. The predicted molar refractivity (Wildman–Crippen MR) is 130 cm³/mol. The number of rotatable bonds is 7. The van der Waals surface area contributed by atoms with Crippen LogP contribution in [0.25, 0.3) is 16.7 Å². The van der Waals surface area contributed by atoms with Gasteiger partial charge in [0, 0.05) is 16.7 Å². The van der Waals surface area contributed by atoms with Crippen molar-refractivity contribution in [2.24, 2.45) is 0 Å². The summed E-state index contributed by atoms with van der Waals surface area (Å²) in [6, 6.07) is 21.1. The van der Waals surface area contributed by atoms with Crippen molar-refractivity contribution in [3.05, 3.63) is 89.8 Å². The minimum absolute atomic E-state index is 0.0801. The van der Waals surface area contributed by atoms with Crippen LogP contribution in [0.2, 0.25) is 0 Å². The number of ether oxygens (including phenoxy) is 2. The summed E-state index contributed by atoms with van der Waals surface area (Å²) in [6.07, 6.45) is 3.02. The van der Waals surface area contributed by atoms with E-state index in [1.165, 1.54) is 17.7 Å². The van der Waals surface area contributed by atoms with Gasteiger partial charge in [0.2, 0.25) is 0 Å². The molecule has 4 rings (SSSR count). The number of anilines is 1. The highest BCUT2D eigenvalue weighted by Crippen LogP contribution is 2.44. The molecule has 3 aromatic rings. The molecule has 0 saturated heterocycles. The average molecular weight is 432 g/mol. The van der Waals surface area contributed by atoms with E-state index in [0.29, 0.717) is 12.4 Å². The van der Waals surface area contributed by atoms with Gasteiger partial charge in [0.05, 0.1) is 31.0 Å². The zero-order valence-corrected chi connectivity index (χ0v) is 19.1. The van der Waals surface area contributed by atoms with Crippen LogP contribution in [0.1, 0.15) is 31.9 Å². The molecule has 4 heteroatoms.